The molecule has 1 aliphatic rings. The number of hydrogen-bond donors (Lipinski definition) is 3. The Morgan fingerprint density at radius 2 is 2.00 bits per heavy atom. The van der Waals surface area contributed by atoms with Gasteiger partial charge in [-0.1, -0.05) is 25.5 Å². The number of amides is 2. The van der Waals surface area contributed by atoms with E-state index in [9.17, 15) is 14.7 Å². The van der Waals surface area contributed by atoms with Crippen LogP contribution in [0.4, 0.5) is 10.5 Å². The SMILES string of the molecule is CCCc1ccc(NC(=O)N2C[C@H](O)C[C@@H]2C(=O)O)cc1. The standard InChI is InChI=1S/C15H20N2O4/c1-2-3-10-4-6-11(7-5-10)16-15(21)17-9-12(18)8-13(17)14(19)20/h4-7,12-13,18H,2-3,8-9H2,1H3,(H,16,21)(H,19,20)/t12-,13-/m1/s1. The molecule has 6 heteroatoms. The lowest BCUT2D eigenvalue weighted by molar-refractivity contribution is -0.141. The molecule has 2 rings (SSSR count). The Morgan fingerprint density at radius 3 is 2.57 bits per heavy atom. The van der Waals surface area contributed by atoms with Crippen molar-refractivity contribution in [2.24, 2.45) is 0 Å². The molecule has 0 bridgehead atoms. The summed E-state index contributed by atoms with van der Waals surface area (Å²) in [4.78, 5) is 24.4. The molecule has 0 radical (unpaired) electrons. The number of urea groups is 1. The molecule has 0 aliphatic carbocycles. The number of aliphatic hydroxyl groups excluding tert-OH is 1. The highest BCUT2D eigenvalue weighted by atomic mass is 16.4. The number of rotatable bonds is 4. The Labute approximate surface area is 123 Å². The third-order valence-electron chi connectivity index (χ3n) is 3.57. The van der Waals surface area contributed by atoms with Crippen LogP contribution in [-0.4, -0.2) is 45.8 Å². The van der Waals surface area contributed by atoms with E-state index in [-0.39, 0.29) is 13.0 Å². The molecule has 0 aromatic heterocycles. The number of aliphatic carboxylic acids is 1. The number of hydrogen-bond acceptors (Lipinski definition) is 3. The lowest BCUT2D eigenvalue weighted by atomic mass is 10.1. The number of carbonyl (C=O) groups excluding carboxylic acids is 1. The third-order valence-corrected chi connectivity index (χ3v) is 3.57. The lowest BCUT2D eigenvalue weighted by Gasteiger charge is -2.21. The molecule has 2 amide bonds. The molecule has 0 saturated carbocycles. The van der Waals surface area contributed by atoms with Crippen molar-refractivity contribution in [2.75, 3.05) is 11.9 Å². The van der Waals surface area contributed by atoms with Crippen molar-refractivity contribution >= 4 is 17.7 Å². The fourth-order valence-corrected chi connectivity index (χ4v) is 2.51. The lowest BCUT2D eigenvalue weighted by Crippen LogP contribution is -2.43. The van der Waals surface area contributed by atoms with Crippen LogP contribution in [0, 0.1) is 0 Å². The average Bonchev–Trinajstić information content (AvgIpc) is 2.84. The van der Waals surface area contributed by atoms with E-state index in [1.165, 1.54) is 5.56 Å². The van der Waals surface area contributed by atoms with Gasteiger partial charge in [-0.05, 0) is 24.1 Å². The van der Waals surface area contributed by atoms with Gasteiger partial charge in [0, 0.05) is 18.7 Å². The molecule has 0 unspecified atom stereocenters. The Kier molecular flexibility index (Phi) is 4.80. The zero-order valence-corrected chi connectivity index (χ0v) is 12.0. The fourth-order valence-electron chi connectivity index (χ4n) is 2.51. The van der Waals surface area contributed by atoms with Gasteiger partial charge in [-0.15, -0.1) is 0 Å². The van der Waals surface area contributed by atoms with Crippen molar-refractivity contribution < 1.29 is 19.8 Å². The van der Waals surface area contributed by atoms with Crippen LogP contribution in [-0.2, 0) is 11.2 Å². The molecule has 1 aromatic rings. The molecule has 0 spiro atoms. The van der Waals surface area contributed by atoms with E-state index in [0.29, 0.717) is 5.69 Å². The van der Waals surface area contributed by atoms with Gasteiger partial charge in [0.1, 0.15) is 6.04 Å². The number of benzene rings is 1. The van der Waals surface area contributed by atoms with Crippen molar-refractivity contribution in [3.63, 3.8) is 0 Å². The van der Waals surface area contributed by atoms with Gasteiger partial charge in [0.15, 0.2) is 0 Å². The number of nitrogens with one attached hydrogen (secondary N) is 1. The number of aryl methyl sites for hydroxylation is 1. The normalized spacial score (nSPS) is 21.3. The highest BCUT2D eigenvalue weighted by molar-refractivity contribution is 5.92. The second-order valence-corrected chi connectivity index (χ2v) is 5.27. The van der Waals surface area contributed by atoms with Gasteiger partial charge in [-0.3, -0.25) is 0 Å². The number of carboxylic acid groups (broad SMARTS) is 1. The van der Waals surface area contributed by atoms with Crippen molar-refractivity contribution in [3.05, 3.63) is 29.8 Å². The number of aliphatic hydroxyl groups is 1. The smallest absolute Gasteiger partial charge is 0.326 e. The van der Waals surface area contributed by atoms with Crippen molar-refractivity contribution in [2.45, 2.75) is 38.3 Å². The van der Waals surface area contributed by atoms with Crippen LogP contribution >= 0.6 is 0 Å². The molecular formula is C15H20N2O4. The van der Waals surface area contributed by atoms with Gasteiger partial charge in [0.25, 0.3) is 0 Å². The third kappa shape index (κ3) is 3.72. The van der Waals surface area contributed by atoms with Gasteiger partial charge in [0.05, 0.1) is 6.10 Å². The van der Waals surface area contributed by atoms with Gasteiger partial charge in [-0.2, -0.15) is 0 Å². The van der Waals surface area contributed by atoms with Gasteiger partial charge >= 0.3 is 12.0 Å². The molecule has 6 nitrogen and oxygen atoms in total. The summed E-state index contributed by atoms with van der Waals surface area (Å²) in [5, 5.41) is 21.3. The molecule has 1 aliphatic heterocycles. The van der Waals surface area contributed by atoms with Crippen LogP contribution in [0.5, 0.6) is 0 Å². The van der Waals surface area contributed by atoms with E-state index in [1.54, 1.807) is 12.1 Å². The monoisotopic (exact) mass is 292 g/mol. The number of nitrogens with zero attached hydrogens (tertiary/aromatic N) is 1. The Morgan fingerprint density at radius 1 is 1.33 bits per heavy atom. The Bertz CT molecular complexity index is 515. The molecular weight excluding hydrogens is 272 g/mol. The maximum absolute atomic E-state index is 12.1. The van der Waals surface area contributed by atoms with Crippen LogP contribution in [0.15, 0.2) is 24.3 Å². The minimum absolute atomic E-state index is 0.0384. The first-order valence-corrected chi connectivity index (χ1v) is 7.08. The average molecular weight is 292 g/mol. The van der Waals surface area contributed by atoms with E-state index in [2.05, 4.69) is 12.2 Å². The summed E-state index contributed by atoms with van der Waals surface area (Å²) in [6, 6.07) is 6.00. The van der Waals surface area contributed by atoms with E-state index in [4.69, 9.17) is 5.11 Å². The minimum Gasteiger partial charge on any atom is -0.480 e. The van der Waals surface area contributed by atoms with E-state index < -0.39 is 24.1 Å². The number of carboxylic acids is 1. The molecule has 21 heavy (non-hydrogen) atoms. The summed E-state index contributed by atoms with van der Waals surface area (Å²) in [6.45, 7) is 2.14. The topological polar surface area (TPSA) is 89.9 Å². The summed E-state index contributed by atoms with van der Waals surface area (Å²) in [6.07, 6.45) is 1.31. The van der Waals surface area contributed by atoms with Gasteiger partial charge in [0.2, 0.25) is 0 Å². The number of likely N-dealkylation sites (tertiary alicyclic amines) is 1. The van der Waals surface area contributed by atoms with Crippen molar-refractivity contribution in [1.82, 2.24) is 4.90 Å². The summed E-state index contributed by atoms with van der Waals surface area (Å²) < 4.78 is 0. The first-order chi connectivity index (χ1) is 10.0. The fraction of sp³-hybridized carbons (Fsp3) is 0.467. The molecule has 114 valence electrons. The van der Waals surface area contributed by atoms with Crippen LogP contribution in [0.25, 0.3) is 0 Å². The predicted octanol–water partition coefficient (Wildman–Crippen LogP) is 1.69. The van der Waals surface area contributed by atoms with E-state index >= 15 is 0 Å². The van der Waals surface area contributed by atoms with Gasteiger partial charge < -0.3 is 20.4 Å². The molecule has 3 N–H and O–H groups in total. The summed E-state index contributed by atoms with van der Waals surface area (Å²) >= 11 is 0. The summed E-state index contributed by atoms with van der Waals surface area (Å²) in [5.41, 5.74) is 1.81. The maximum atomic E-state index is 12.1. The highest BCUT2D eigenvalue weighted by Crippen LogP contribution is 2.20. The van der Waals surface area contributed by atoms with Crippen molar-refractivity contribution in [1.29, 1.82) is 0 Å². The van der Waals surface area contributed by atoms with Crippen molar-refractivity contribution in [3.8, 4) is 0 Å². The van der Waals surface area contributed by atoms with Crippen LogP contribution in [0.3, 0.4) is 0 Å². The largest absolute Gasteiger partial charge is 0.480 e. The summed E-state index contributed by atoms with van der Waals surface area (Å²) in [7, 11) is 0. The van der Waals surface area contributed by atoms with Gasteiger partial charge in [-0.25, -0.2) is 9.59 Å². The molecule has 1 aromatic carbocycles. The molecule has 1 fully saturated rings. The summed E-state index contributed by atoms with van der Waals surface area (Å²) in [5.74, 6) is -1.10. The number of β-amino-alcohol motifs (C(OH)–C–C–N with tert-alkyl or cyclic N) is 1. The first kappa shape index (κ1) is 15.3. The molecule has 1 heterocycles. The quantitative estimate of drug-likeness (QED) is 0.787. The van der Waals surface area contributed by atoms with Crippen LogP contribution < -0.4 is 5.32 Å². The predicted molar refractivity (Wildman–Crippen MR) is 78.2 cm³/mol. The van der Waals surface area contributed by atoms with E-state index in [1.807, 2.05) is 12.1 Å². The second kappa shape index (κ2) is 6.58. The van der Waals surface area contributed by atoms with Crippen LogP contribution in [0.1, 0.15) is 25.3 Å². The molecule has 2 atom stereocenters. The highest BCUT2D eigenvalue weighted by Gasteiger charge is 2.38. The zero-order valence-electron chi connectivity index (χ0n) is 12.0. The number of carbonyl (C=O) groups is 2. The minimum atomic E-state index is -1.10. The first-order valence-electron chi connectivity index (χ1n) is 7.08. The number of anilines is 1. The Balaban J connectivity index is 2.01. The molecule has 1 saturated heterocycles. The van der Waals surface area contributed by atoms with Crippen LogP contribution in [0.2, 0.25) is 0 Å². The van der Waals surface area contributed by atoms with E-state index in [0.717, 1.165) is 17.7 Å². The maximum Gasteiger partial charge on any atom is 0.326 e. The Hall–Kier alpha value is -2.08. The second-order valence-electron chi connectivity index (χ2n) is 5.27. The zero-order chi connectivity index (χ0) is 15.4.